The first-order valence-corrected chi connectivity index (χ1v) is 7.38. The molecule has 3 aromatic rings. The molecular formula is C19H21N. The Morgan fingerprint density at radius 3 is 2.40 bits per heavy atom. The molecule has 0 N–H and O–H groups in total. The van der Waals surface area contributed by atoms with Gasteiger partial charge in [-0.3, -0.25) is 0 Å². The van der Waals surface area contributed by atoms with Gasteiger partial charge in [-0.15, -0.1) is 0 Å². The largest absolute Gasteiger partial charge is 0.313 e. The van der Waals surface area contributed by atoms with Crippen molar-refractivity contribution in [2.24, 2.45) is 0 Å². The van der Waals surface area contributed by atoms with Gasteiger partial charge in [-0.2, -0.15) is 0 Å². The Balaban J connectivity index is 2.37. The lowest BCUT2D eigenvalue weighted by molar-refractivity contribution is 0.845. The predicted octanol–water partition coefficient (Wildman–Crippen LogP) is 5.20. The van der Waals surface area contributed by atoms with E-state index in [0.29, 0.717) is 0 Å². The second-order valence-electron chi connectivity index (χ2n) is 5.51. The van der Waals surface area contributed by atoms with Gasteiger partial charge < -0.3 is 4.57 Å². The van der Waals surface area contributed by atoms with E-state index in [-0.39, 0.29) is 0 Å². The van der Waals surface area contributed by atoms with E-state index < -0.39 is 0 Å². The van der Waals surface area contributed by atoms with Gasteiger partial charge in [0.15, 0.2) is 0 Å². The Hall–Kier alpha value is -2.02. The van der Waals surface area contributed by atoms with Gasteiger partial charge in [-0.1, -0.05) is 43.7 Å². The van der Waals surface area contributed by atoms with Gasteiger partial charge in [-0.05, 0) is 49.6 Å². The number of aromatic nitrogens is 1. The summed E-state index contributed by atoms with van der Waals surface area (Å²) in [5.74, 6) is 0. The first kappa shape index (κ1) is 13.0. The van der Waals surface area contributed by atoms with Gasteiger partial charge in [0.1, 0.15) is 0 Å². The van der Waals surface area contributed by atoms with Crippen LogP contribution in [0.2, 0.25) is 0 Å². The molecule has 0 unspecified atom stereocenters. The lowest BCUT2D eigenvalue weighted by atomic mass is 10.1. The van der Waals surface area contributed by atoms with Crippen molar-refractivity contribution in [3.05, 3.63) is 65.4 Å². The molecular weight excluding hydrogens is 242 g/mol. The molecule has 0 saturated heterocycles. The van der Waals surface area contributed by atoms with Crippen molar-refractivity contribution in [3.63, 3.8) is 0 Å². The number of rotatable bonds is 3. The molecule has 0 amide bonds. The maximum Gasteiger partial charge on any atom is 0.0536 e. The first-order chi connectivity index (χ1) is 9.72. The molecule has 0 bridgehead atoms. The zero-order valence-electron chi connectivity index (χ0n) is 12.5. The minimum atomic E-state index is 1.12. The van der Waals surface area contributed by atoms with Gasteiger partial charge >= 0.3 is 0 Å². The van der Waals surface area contributed by atoms with Crippen LogP contribution in [0.1, 0.15) is 30.2 Å². The Morgan fingerprint density at radius 1 is 0.950 bits per heavy atom. The maximum absolute atomic E-state index is 2.43. The normalized spacial score (nSPS) is 11.2. The molecule has 1 nitrogen and oxygen atoms in total. The molecule has 2 aromatic carbocycles. The summed E-state index contributed by atoms with van der Waals surface area (Å²) in [6.45, 7) is 6.66. The second kappa shape index (κ2) is 5.16. The second-order valence-corrected chi connectivity index (χ2v) is 5.51. The molecule has 0 aliphatic heterocycles. The van der Waals surface area contributed by atoms with Crippen LogP contribution in [0.5, 0.6) is 0 Å². The van der Waals surface area contributed by atoms with Crippen LogP contribution in [0.4, 0.5) is 0 Å². The highest BCUT2D eigenvalue weighted by Crippen LogP contribution is 2.30. The van der Waals surface area contributed by atoms with Crippen LogP contribution in [-0.4, -0.2) is 4.57 Å². The smallest absolute Gasteiger partial charge is 0.0536 e. The van der Waals surface area contributed by atoms with Gasteiger partial charge in [0, 0.05) is 16.8 Å². The van der Waals surface area contributed by atoms with Crippen molar-refractivity contribution in [1.29, 1.82) is 0 Å². The van der Waals surface area contributed by atoms with Crippen LogP contribution in [0, 0.1) is 13.8 Å². The van der Waals surface area contributed by atoms with Crippen LogP contribution in [-0.2, 0) is 6.42 Å². The lowest BCUT2D eigenvalue weighted by Crippen LogP contribution is -2.00. The third-order valence-corrected chi connectivity index (χ3v) is 4.00. The number of nitrogens with zero attached hydrogens (tertiary/aromatic N) is 1. The molecule has 0 aliphatic rings. The SMILES string of the molecule is CCCc1c(C)c2ccc(C)cc2n1-c1ccccc1. The van der Waals surface area contributed by atoms with E-state index >= 15 is 0 Å². The van der Waals surface area contributed by atoms with E-state index in [1.165, 1.54) is 39.8 Å². The van der Waals surface area contributed by atoms with Crippen molar-refractivity contribution in [2.75, 3.05) is 0 Å². The molecule has 1 heteroatoms. The van der Waals surface area contributed by atoms with E-state index in [9.17, 15) is 0 Å². The lowest BCUT2D eigenvalue weighted by Gasteiger charge is -2.11. The molecule has 0 aliphatic carbocycles. The maximum atomic E-state index is 2.43. The highest BCUT2D eigenvalue weighted by atomic mass is 15.0. The summed E-state index contributed by atoms with van der Waals surface area (Å²) >= 11 is 0. The Labute approximate surface area is 120 Å². The number of para-hydroxylation sites is 1. The fourth-order valence-electron chi connectivity index (χ4n) is 3.02. The predicted molar refractivity (Wildman–Crippen MR) is 86.7 cm³/mol. The van der Waals surface area contributed by atoms with Crippen molar-refractivity contribution in [2.45, 2.75) is 33.6 Å². The van der Waals surface area contributed by atoms with Gasteiger partial charge in [0.25, 0.3) is 0 Å². The van der Waals surface area contributed by atoms with E-state index in [2.05, 4.69) is 73.9 Å². The highest BCUT2D eigenvalue weighted by Gasteiger charge is 2.14. The zero-order chi connectivity index (χ0) is 14.1. The van der Waals surface area contributed by atoms with Crippen molar-refractivity contribution < 1.29 is 0 Å². The summed E-state index contributed by atoms with van der Waals surface area (Å²) in [5.41, 5.74) is 6.78. The molecule has 0 fully saturated rings. The van der Waals surface area contributed by atoms with Crippen LogP contribution in [0.15, 0.2) is 48.5 Å². The van der Waals surface area contributed by atoms with Crippen molar-refractivity contribution >= 4 is 10.9 Å². The average Bonchev–Trinajstić information content (AvgIpc) is 2.73. The zero-order valence-corrected chi connectivity index (χ0v) is 12.5. The molecule has 102 valence electrons. The first-order valence-electron chi connectivity index (χ1n) is 7.38. The average molecular weight is 263 g/mol. The van der Waals surface area contributed by atoms with Gasteiger partial charge in [0.2, 0.25) is 0 Å². The minimum absolute atomic E-state index is 1.12. The summed E-state index contributed by atoms with van der Waals surface area (Å²) in [6, 6.07) is 17.5. The summed E-state index contributed by atoms with van der Waals surface area (Å²) < 4.78 is 2.43. The molecule has 0 radical (unpaired) electrons. The van der Waals surface area contributed by atoms with E-state index in [4.69, 9.17) is 0 Å². The molecule has 20 heavy (non-hydrogen) atoms. The molecule has 1 heterocycles. The Kier molecular flexibility index (Phi) is 3.35. The van der Waals surface area contributed by atoms with E-state index in [1.807, 2.05) is 0 Å². The highest BCUT2D eigenvalue weighted by molar-refractivity contribution is 5.87. The van der Waals surface area contributed by atoms with Crippen molar-refractivity contribution in [1.82, 2.24) is 4.57 Å². The summed E-state index contributed by atoms with van der Waals surface area (Å²) in [7, 11) is 0. The van der Waals surface area contributed by atoms with Crippen LogP contribution in [0.25, 0.3) is 16.6 Å². The minimum Gasteiger partial charge on any atom is -0.313 e. The monoisotopic (exact) mass is 263 g/mol. The van der Waals surface area contributed by atoms with E-state index in [0.717, 1.165) is 6.42 Å². The molecule has 0 atom stereocenters. The molecule has 0 saturated carbocycles. The van der Waals surface area contributed by atoms with Crippen LogP contribution in [0.3, 0.4) is 0 Å². The fraction of sp³-hybridized carbons (Fsp3) is 0.263. The Morgan fingerprint density at radius 2 is 1.70 bits per heavy atom. The Bertz CT molecular complexity index is 735. The standard InChI is InChI=1S/C19H21N/c1-4-8-18-15(3)17-12-11-14(2)13-19(17)20(18)16-9-6-5-7-10-16/h5-7,9-13H,4,8H2,1-3H3. The molecule has 0 spiro atoms. The molecule has 3 rings (SSSR count). The summed E-state index contributed by atoms with van der Waals surface area (Å²) in [4.78, 5) is 0. The van der Waals surface area contributed by atoms with Gasteiger partial charge in [0.05, 0.1) is 5.52 Å². The fourth-order valence-corrected chi connectivity index (χ4v) is 3.02. The third kappa shape index (κ3) is 2.03. The number of fused-ring (bicyclic) bond motifs is 1. The van der Waals surface area contributed by atoms with Crippen LogP contribution < -0.4 is 0 Å². The summed E-state index contributed by atoms with van der Waals surface area (Å²) in [6.07, 6.45) is 2.29. The molecule has 1 aromatic heterocycles. The topological polar surface area (TPSA) is 4.93 Å². The number of hydrogen-bond acceptors (Lipinski definition) is 0. The number of benzene rings is 2. The third-order valence-electron chi connectivity index (χ3n) is 4.00. The quantitative estimate of drug-likeness (QED) is 0.612. The summed E-state index contributed by atoms with van der Waals surface area (Å²) in [5, 5.41) is 1.38. The number of hydrogen-bond donors (Lipinski definition) is 0. The van der Waals surface area contributed by atoms with E-state index in [1.54, 1.807) is 0 Å². The van der Waals surface area contributed by atoms with Crippen LogP contribution >= 0.6 is 0 Å². The van der Waals surface area contributed by atoms with Crippen molar-refractivity contribution in [3.8, 4) is 5.69 Å². The number of aryl methyl sites for hydroxylation is 2. The van der Waals surface area contributed by atoms with Gasteiger partial charge in [-0.25, -0.2) is 0 Å².